The van der Waals surface area contributed by atoms with Crippen molar-refractivity contribution in [2.45, 2.75) is 63.5 Å². The molecule has 8 heteroatoms. The van der Waals surface area contributed by atoms with Gasteiger partial charge in [-0.1, -0.05) is 25.7 Å². The molecule has 4 atom stereocenters. The molecule has 3 heterocycles. The van der Waals surface area contributed by atoms with Crippen LogP contribution in [0.3, 0.4) is 0 Å². The van der Waals surface area contributed by atoms with Crippen molar-refractivity contribution < 1.29 is 9.53 Å². The van der Waals surface area contributed by atoms with E-state index in [4.69, 9.17) is 4.74 Å². The summed E-state index contributed by atoms with van der Waals surface area (Å²) >= 11 is 0. The Labute approximate surface area is 177 Å². The van der Waals surface area contributed by atoms with Gasteiger partial charge in [-0.2, -0.15) is 5.10 Å². The summed E-state index contributed by atoms with van der Waals surface area (Å²) in [6.07, 6.45) is 12.4. The number of hydrogen-bond donors (Lipinski definition) is 2. The van der Waals surface area contributed by atoms with Gasteiger partial charge >= 0.3 is 0 Å². The largest absolute Gasteiger partial charge is 0.379 e. The van der Waals surface area contributed by atoms with Crippen molar-refractivity contribution in [3.05, 3.63) is 12.5 Å². The molecule has 30 heavy (non-hydrogen) atoms. The fraction of sp³-hybridized carbons (Fsp3) is 0.727. The number of H-pyrrole nitrogens is 1. The number of nitrogens with zero attached hydrogens (tertiary/aromatic N) is 4. The minimum absolute atomic E-state index is 0.0842. The van der Waals surface area contributed by atoms with Crippen molar-refractivity contribution in [1.82, 2.24) is 25.5 Å². The van der Waals surface area contributed by atoms with Gasteiger partial charge in [0, 0.05) is 26.6 Å². The van der Waals surface area contributed by atoms with Gasteiger partial charge in [0.25, 0.3) is 0 Å². The molecule has 162 valence electrons. The lowest BCUT2D eigenvalue weighted by molar-refractivity contribution is -0.124. The number of methoxy groups -OCH3 is 1. The number of aromatic nitrogens is 4. The number of amides is 1. The van der Waals surface area contributed by atoms with E-state index in [9.17, 15) is 4.79 Å². The molecule has 8 nitrogen and oxygen atoms in total. The molecule has 2 aromatic rings. The van der Waals surface area contributed by atoms with Crippen LogP contribution < -0.4 is 10.2 Å². The molecular formula is C22H32N6O2. The van der Waals surface area contributed by atoms with E-state index in [1.807, 2.05) is 0 Å². The molecule has 0 unspecified atom stereocenters. The number of hydrogen-bond acceptors (Lipinski definition) is 6. The lowest BCUT2D eigenvalue weighted by Crippen LogP contribution is -2.50. The first-order valence-electron chi connectivity index (χ1n) is 11.4. The van der Waals surface area contributed by atoms with Gasteiger partial charge in [-0.25, -0.2) is 9.97 Å². The van der Waals surface area contributed by atoms with Crippen LogP contribution in [-0.4, -0.2) is 58.4 Å². The van der Waals surface area contributed by atoms with E-state index >= 15 is 0 Å². The zero-order chi connectivity index (χ0) is 20.5. The molecule has 3 aliphatic rings. The highest BCUT2D eigenvalue weighted by molar-refractivity contribution is 5.86. The van der Waals surface area contributed by atoms with Crippen molar-refractivity contribution in [3.63, 3.8) is 0 Å². The van der Waals surface area contributed by atoms with E-state index in [1.165, 1.54) is 25.7 Å². The third-order valence-corrected chi connectivity index (χ3v) is 7.55. The Bertz CT molecular complexity index is 879. The maximum absolute atomic E-state index is 12.6. The number of aromatic amines is 1. The van der Waals surface area contributed by atoms with Crippen molar-refractivity contribution in [3.8, 4) is 0 Å². The third-order valence-electron chi connectivity index (χ3n) is 7.55. The molecular weight excluding hydrogens is 380 g/mol. The monoisotopic (exact) mass is 412 g/mol. The summed E-state index contributed by atoms with van der Waals surface area (Å²) in [7, 11) is 1.77. The highest BCUT2D eigenvalue weighted by Crippen LogP contribution is 2.40. The second kappa shape index (κ2) is 8.49. The minimum Gasteiger partial charge on any atom is -0.379 e. The van der Waals surface area contributed by atoms with Crippen molar-refractivity contribution in [2.24, 2.45) is 17.8 Å². The Morgan fingerprint density at radius 2 is 2.03 bits per heavy atom. The molecule has 2 aliphatic carbocycles. The average Bonchev–Trinajstić information content (AvgIpc) is 3.51. The molecule has 1 saturated heterocycles. The molecule has 0 bridgehead atoms. The van der Waals surface area contributed by atoms with Gasteiger partial charge in [0.1, 0.15) is 12.1 Å². The van der Waals surface area contributed by atoms with Crippen molar-refractivity contribution in [2.75, 3.05) is 25.1 Å². The van der Waals surface area contributed by atoms with E-state index in [0.29, 0.717) is 18.3 Å². The van der Waals surface area contributed by atoms with Crippen molar-refractivity contribution in [1.29, 1.82) is 0 Å². The number of carbonyl (C=O) groups is 1. The number of fused-ring (bicyclic) bond motifs is 2. The van der Waals surface area contributed by atoms with Gasteiger partial charge in [-0.3, -0.25) is 9.89 Å². The number of anilines is 1. The summed E-state index contributed by atoms with van der Waals surface area (Å²) in [5, 5.41) is 11.3. The summed E-state index contributed by atoms with van der Waals surface area (Å²) in [6, 6.07) is 0.103. The maximum Gasteiger partial charge on any atom is 0.220 e. The Morgan fingerprint density at radius 1 is 1.23 bits per heavy atom. The summed E-state index contributed by atoms with van der Waals surface area (Å²) in [5.74, 6) is 2.99. The van der Waals surface area contributed by atoms with Crippen LogP contribution in [-0.2, 0) is 9.53 Å². The zero-order valence-electron chi connectivity index (χ0n) is 17.7. The SMILES string of the molecule is CO[C@H]1C[C@@H]2CN(c3ncnc4[nH]ncc34)C[C@@H]2C[C@@H]1NC(=O)CCC1CCCC1. The van der Waals surface area contributed by atoms with E-state index < -0.39 is 0 Å². The van der Waals surface area contributed by atoms with Gasteiger partial charge in [0.2, 0.25) is 5.91 Å². The zero-order valence-corrected chi connectivity index (χ0v) is 17.7. The Hall–Kier alpha value is -2.22. The minimum atomic E-state index is 0.0842. The van der Waals surface area contributed by atoms with Crippen LogP contribution in [0.1, 0.15) is 51.4 Å². The van der Waals surface area contributed by atoms with Gasteiger partial charge in [-0.05, 0) is 37.0 Å². The second-order valence-electron chi connectivity index (χ2n) is 9.36. The lowest BCUT2D eigenvalue weighted by atomic mass is 9.77. The molecule has 0 aromatic carbocycles. The molecule has 2 aromatic heterocycles. The third kappa shape index (κ3) is 3.89. The molecule has 0 radical (unpaired) electrons. The topological polar surface area (TPSA) is 96.0 Å². The first kappa shape index (κ1) is 19.7. The predicted molar refractivity (Wildman–Crippen MR) is 114 cm³/mol. The second-order valence-corrected chi connectivity index (χ2v) is 9.36. The van der Waals surface area contributed by atoms with Gasteiger partial charge in [0.15, 0.2) is 5.65 Å². The number of rotatable bonds is 6. The van der Waals surface area contributed by atoms with Crippen LogP contribution >= 0.6 is 0 Å². The first-order valence-corrected chi connectivity index (χ1v) is 11.4. The molecule has 2 N–H and O–H groups in total. The Morgan fingerprint density at radius 3 is 2.83 bits per heavy atom. The summed E-state index contributed by atoms with van der Waals surface area (Å²) in [4.78, 5) is 23.8. The number of nitrogens with one attached hydrogen (secondary N) is 2. The molecule has 3 fully saturated rings. The molecule has 1 aliphatic heterocycles. The summed E-state index contributed by atoms with van der Waals surface area (Å²) < 4.78 is 5.82. The molecule has 1 amide bonds. The van der Waals surface area contributed by atoms with Crippen LogP contribution in [0, 0.1) is 17.8 Å². The molecule has 2 saturated carbocycles. The van der Waals surface area contributed by atoms with Gasteiger partial charge < -0.3 is 15.0 Å². The van der Waals surface area contributed by atoms with Gasteiger partial charge in [0.05, 0.1) is 23.7 Å². The van der Waals surface area contributed by atoms with Crippen LogP contribution in [0.25, 0.3) is 11.0 Å². The quantitative estimate of drug-likeness (QED) is 0.757. The van der Waals surface area contributed by atoms with Crippen LogP contribution in [0.2, 0.25) is 0 Å². The predicted octanol–water partition coefficient (Wildman–Crippen LogP) is 2.67. The Balaban J connectivity index is 1.22. The smallest absolute Gasteiger partial charge is 0.220 e. The first-order chi connectivity index (χ1) is 14.7. The fourth-order valence-electron chi connectivity index (χ4n) is 5.92. The molecule has 5 rings (SSSR count). The van der Waals surface area contributed by atoms with E-state index in [-0.39, 0.29) is 18.1 Å². The van der Waals surface area contributed by atoms with Crippen LogP contribution in [0.4, 0.5) is 5.82 Å². The Kier molecular flexibility index (Phi) is 5.58. The lowest BCUT2D eigenvalue weighted by Gasteiger charge is -2.37. The van der Waals surface area contributed by atoms with E-state index in [2.05, 4.69) is 30.4 Å². The van der Waals surface area contributed by atoms with Gasteiger partial charge in [-0.15, -0.1) is 0 Å². The van der Waals surface area contributed by atoms with Crippen LogP contribution in [0.15, 0.2) is 12.5 Å². The fourth-order valence-corrected chi connectivity index (χ4v) is 5.92. The number of ether oxygens (including phenoxy) is 1. The van der Waals surface area contributed by atoms with Crippen molar-refractivity contribution >= 4 is 22.8 Å². The standard InChI is InChI=1S/C22H32N6O2/c1-30-19-9-16-12-28(22-17-10-25-27-21(17)23-13-24-22)11-15(16)8-18(19)26-20(29)7-6-14-4-2-3-5-14/h10,13-16,18-19H,2-9,11-12H2,1H3,(H,26,29)(H,23,24,25,27)/t15-,16+,18-,19-/m0/s1. The molecule has 0 spiro atoms. The summed E-state index contributed by atoms with van der Waals surface area (Å²) in [6.45, 7) is 1.91. The van der Waals surface area contributed by atoms with Crippen LogP contribution in [0.5, 0.6) is 0 Å². The van der Waals surface area contributed by atoms with E-state index in [1.54, 1.807) is 19.6 Å². The average molecular weight is 413 g/mol. The summed E-state index contributed by atoms with van der Waals surface area (Å²) in [5.41, 5.74) is 0.775. The number of carbonyl (C=O) groups excluding carboxylic acids is 1. The highest BCUT2D eigenvalue weighted by Gasteiger charge is 2.43. The maximum atomic E-state index is 12.6. The van der Waals surface area contributed by atoms with E-state index in [0.717, 1.165) is 55.1 Å². The highest BCUT2D eigenvalue weighted by atomic mass is 16.5. The normalized spacial score (nSPS) is 29.4.